The van der Waals surface area contributed by atoms with Crippen LogP contribution in [0.5, 0.6) is 0 Å². The van der Waals surface area contributed by atoms with Crippen LogP contribution in [0, 0.1) is 0 Å². The van der Waals surface area contributed by atoms with Crippen molar-refractivity contribution in [3.05, 3.63) is 101 Å². The van der Waals surface area contributed by atoms with Gasteiger partial charge in [-0.05, 0) is 72.3 Å². The van der Waals surface area contributed by atoms with Gasteiger partial charge in [-0.15, -0.1) is 11.3 Å². The van der Waals surface area contributed by atoms with Gasteiger partial charge in [-0.3, -0.25) is 4.79 Å². The second kappa shape index (κ2) is 12.0. The highest BCUT2D eigenvalue weighted by molar-refractivity contribution is 7.19. The van der Waals surface area contributed by atoms with Gasteiger partial charge in [0.05, 0.1) is 5.52 Å². The topological polar surface area (TPSA) is 52.6 Å². The highest BCUT2D eigenvalue weighted by Gasteiger charge is 2.24. The third kappa shape index (κ3) is 5.83. The zero-order chi connectivity index (χ0) is 28.3. The lowest BCUT2D eigenvalue weighted by Crippen LogP contribution is -2.48. The summed E-state index contributed by atoms with van der Waals surface area (Å²) in [4.78, 5) is 30.4. The van der Waals surface area contributed by atoms with E-state index in [2.05, 4.69) is 89.2 Å². The Balaban J connectivity index is 1.18. The molecule has 6 nitrogen and oxygen atoms in total. The van der Waals surface area contributed by atoms with Crippen LogP contribution < -0.4 is 4.90 Å². The number of aromatic nitrogens is 2. The van der Waals surface area contributed by atoms with Gasteiger partial charge in [-0.1, -0.05) is 44.2 Å². The lowest BCUT2D eigenvalue weighted by molar-refractivity contribution is 0.0747. The number of rotatable bonds is 8. The van der Waals surface area contributed by atoms with Crippen molar-refractivity contribution >= 4 is 43.9 Å². The van der Waals surface area contributed by atoms with Gasteiger partial charge >= 0.3 is 0 Å². The average molecular weight is 564 g/mol. The van der Waals surface area contributed by atoms with Crippen molar-refractivity contribution in [2.45, 2.75) is 32.7 Å². The van der Waals surface area contributed by atoms with Gasteiger partial charge in [0.2, 0.25) is 0 Å². The smallest absolute Gasteiger partial charge is 0.253 e. The van der Waals surface area contributed by atoms with Crippen molar-refractivity contribution in [3.63, 3.8) is 0 Å². The highest BCUT2D eigenvalue weighted by atomic mass is 32.1. The predicted molar refractivity (Wildman–Crippen MR) is 170 cm³/mol. The molecule has 1 saturated heterocycles. The molecule has 0 unspecified atom stereocenters. The molecule has 0 aliphatic carbocycles. The molecule has 41 heavy (non-hydrogen) atoms. The first-order valence-corrected chi connectivity index (χ1v) is 15.3. The number of piperazine rings is 1. The Labute approximate surface area is 246 Å². The van der Waals surface area contributed by atoms with E-state index in [4.69, 9.17) is 0 Å². The Kier molecular flexibility index (Phi) is 7.99. The largest absolute Gasteiger partial charge is 0.368 e. The fraction of sp³-hybridized carbons (Fsp3) is 0.324. The standard InChI is InChI=1S/C34H37N5OS/c1-24(2)33-28(14-15-37(3)22-26-8-7-11-31-30(26)21-35-23-36-31)29-20-25(12-13-32(29)41-33)34(40)39-18-16-38(17-19-39)27-9-5-4-6-10-27/h4-13,20-21,23-24H,14-19,22H2,1-3H3. The van der Waals surface area contributed by atoms with Crippen LogP contribution in [0.15, 0.2) is 79.3 Å². The summed E-state index contributed by atoms with van der Waals surface area (Å²) in [6.45, 7) is 9.49. The number of amides is 1. The number of benzene rings is 3. The van der Waals surface area contributed by atoms with Crippen LogP contribution in [0.25, 0.3) is 21.0 Å². The summed E-state index contributed by atoms with van der Waals surface area (Å²) >= 11 is 1.88. The molecule has 6 rings (SSSR count). The summed E-state index contributed by atoms with van der Waals surface area (Å²) in [6.07, 6.45) is 4.46. The van der Waals surface area contributed by atoms with E-state index in [1.807, 2.05) is 40.6 Å². The van der Waals surface area contributed by atoms with Gasteiger partial charge in [0, 0.05) is 71.7 Å². The summed E-state index contributed by atoms with van der Waals surface area (Å²) < 4.78 is 1.27. The molecule has 0 bridgehead atoms. The van der Waals surface area contributed by atoms with Gasteiger partial charge < -0.3 is 14.7 Å². The molecule has 5 aromatic rings. The number of carbonyl (C=O) groups is 1. The molecule has 1 aliphatic heterocycles. The molecule has 1 fully saturated rings. The van der Waals surface area contributed by atoms with Crippen LogP contribution in [0.2, 0.25) is 0 Å². The minimum Gasteiger partial charge on any atom is -0.368 e. The van der Waals surface area contributed by atoms with Crippen molar-refractivity contribution in [1.82, 2.24) is 19.8 Å². The predicted octanol–water partition coefficient (Wildman–Crippen LogP) is 6.60. The number of nitrogens with zero attached hydrogens (tertiary/aromatic N) is 5. The third-order valence-electron chi connectivity index (χ3n) is 8.11. The molecule has 3 aromatic carbocycles. The van der Waals surface area contributed by atoms with Crippen molar-refractivity contribution in [3.8, 4) is 0 Å². The van der Waals surface area contributed by atoms with E-state index < -0.39 is 0 Å². The Hall–Kier alpha value is -3.81. The number of anilines is 1. The Morgan fingerprint density at radius 2 is 1.78 bits per heavy atom. The van der Waals surface area contributed by atoms with E-state index in [0.717, 1.165) is 62.2 Å². The first-order valence-electron chi connectivity index (χ1n) is 14.5. The van der Waals surface area contributed by atoms with E-state index in [9.17, 15) is 4.79 Å². The number of thiophene rings is 1. The number of carbonyl (C=O) groups excluding carboxylic acids is 1. The maximum atomic E-state index is 13.6. The fourth-order valence-corrected chi connectivity index (χ4v) is 7.12. The molecule has 0 radical (unpaired) electrons. The summed E-state index contributed by atoms with van der Waals surface area (Å²) in [7, 11) is 2.18. The molecular formula is C34H37N5OS. The van der Waals surface area contributed by atoms with Gasteiger partial charge in [-0.2, -0.15) is 0 Å². The summed E-state index contributed by atoms with van der Waals surface area (Å²) in [5, 5.41) is 2.35. The van der Waals surface area contributed by atoms with Crippen LogP contribution in [0.4, 0.5) is 5.69 Å². The molecule has 0 atom stereocenters. The minimum atomic E-state index is 0.137. The number of hydrogen-bond acceptors (Lipinski definition) is 6. The molecule has 0 saturated carbocycles. The van der Waals surface area contributed by atoms with Crippen molar-refractivity contribution in [2.75, 3.05) is 44.7 Å². The molecule has 0 spiro atoms. The van der Waals surface area contributed by atoms with Crippen molar-refractivity contribution in [2.24, 2.45) is 0 Å². The lowest BCUT2D eigenvalue weighted by Gasteiger charge is -2.36. The third-order valence-corrected chi connectivity index (χ3v) is 9.62. The van der Waals surface area contributed by atoms with Gasteiger partial charge in [0.15, 0.2) is 0 Å². The molecule has 2 aromatic heterocycles. The lowest BCUT2D eigenvalue weighted by atomic mass is 9.99. The second-order valence-electron chi connectivity index (χ2n) is 11.3. The van der Waals surface area contributed by atoms with E-state index in [1.54, 1.807) is 6.33 Å². The Morgan fingerprint density at radius 3 is 2.56 bits per heavy atom. The molecule has 1 amide bonds. The molecule has 3 heterocycles. The maximum Gasteiger partial charge on any atom is 0.253 e. The number of para-hydroxylation sites is 1. The molecule has 0 N–H and O–H groups in total. The van der Waals surface area contributed by atoms with Crippen LogP contribution in [0.1, 0.15) is 46.1 Å². The van der Waals surface area contributed by atoms with Gasteiger partial charge in [0.25, 0.3) is 5.91 Å². The first kappa shape index (κ1) is 27.4. The number of likely N-dealkylation sites (N-methyl/N-ethyl adjacent to an activating group) is 1. The van der Waals surface area contributed by atoms with Gasteiger partial charge in [0.1, 0.15) is 6.33 Å². The number of fused-ring (bicyclic) bond motifs is 2. The van der Waals surface area contributed by atoms with E-state index >= 15 is 0 Å². The molecule has 210 valence electrons. The molecule has 1 aliphatic rings. The van der Waals surface area contributed by atoms with Crippen molar-refractivity contribution in [1.29, 1.82) is 0 Å². The zero-order valence-corrected chi connectivity index (χ0v) is 24.9. The average Bonchev–Trinajstić information content (AvgIpc) is 3.38. The van der Waals surface area contributed by atoms with Crippen molar-refractivity contribution < 1.29 is 4.79 Å². The molecule has 7 heteroatoms. The second-order valence-corrected chi connectivity index (χ2v) is 12.4. The zero-order valence-electron chi connectivity index (χ0n) is 24.1. The minimum absolute atomic E-state index is 0.137. The van der Waals surface area contributed by atoms with E-state index in [-0.39, 0.29) is 5.91 Å². The normalized spacial score (nSPS) is 14.1. The fourth-order valence-electron chi connectivity index (χ4n) is 5.89. The molecular weight excluding hydrogens is 526 g/mol. The maximum absolute atomic E-state index is 13.6. The summed E-state index contributed by atoms with van der Waals surface area (Å²) in [5.74, 6) is 0.575. The summed E-state index contributed by atoms with van der Waals surface area (Å²) in [5.41, 5.74) is 5.63. The monoisotopic (exact) mass is 563 g/mol. The number of hydrogen-bond donors (Lipinski definition) is 0. The van der Waals surface area contributed by atoms with Crippen LogP contribution in [-0.2, 0) is 13.0 Å². The van der Waals surface area contributed by atoms with Gasteiger partial charge in [-0.25, -0.2) is 9.97 Å². The SMILES string of the molecule is CC(C)c1sc2ccc(C(=O)N3CCN(c4ccccc4)CC3)cc2c1CCN(C)Cc1cccc2ncncc12. The van der Waals surface area contributed by atoms with E-state index in [1.165, 1.54) is 31.8 Å². The van der Waals surface area contributed by atoms with E-state index in [0.29, 0.717) is 5.92 Å². The quantitative estimate of drug-likeness (QED) is 0.213. The first-order chi connectivity index (χ1) is 20.0. The van der Waals surface area contributed by atoms with Crippen LogP contribution >= 0.6 is 11.3 Å². The summed E-state index contributed by atoms with van der Waals surface area (Å²) in [6, 6.07) is 23.1. The Bertz CT molecular complexity index is 1650. The van der Waals surface area contributed by atoms with Crippen LogP contribution in [0.3, 0.4) is 0 Å². The highest BCUT2D eigenvalue weighted by Crippen LogP contribution is 2.37. The Morgan fingerprint density at radius 1 is 0.976 bits per heavy atom. The van der Waals surface area contributed by atoms with Crippen LogP contribution in [-0.4, -0.2) is 65.4 Å².